The van der Waals surface area contributed by atoms with Gasteiger partial charge < -0.3 is 0 Å². The van der Waals surface area contributed by atoms with Gasteiger partial charge in [-0.2, -0.15) is 0 Å². The summed E-state index contributed by atoms with van der Waals surface area (Å²) >= 11 is 0. The van der Waals surface area contributed by atoms with E-state index in [0.717, 1.165) is 56.8 Å². The minimum atomic E-state index is -0.538. The molecule has 28 heavy (non-hydrogen) atoms. The van der Waals surface area contributed by atoms with Crippen LogP contribution >= 0.6 is 0 Å². The number of rotatable bonds is 4. The summed E-state index contributed by atoms with van der Waals surface area (Å²) < 4.78 is 40.7. The molecule has 3 heteroatoms. The largest absolute Gasteiger partial charge is 0.216 e. The van der Waals surface area contributed by atoms with Gasteiger partial charge in [0.1, 0.15) is 11.6 Å². The number of hydrogen-bond donors (Lipinski definition) is 0. The number of benzene rings is 1. The first-order chi connectivity index (χ1) is 13.6. The van der Waals surface area contributed by atoms with Gasteiger partial charge in [0.05, 0.1) is 11.9 Å². The van der Waals surface area contributed by atoms with E-state index in [1.807, 2.05) is 6.92 Å². The Hall–Kier alpha value is -1.69. The van der Waals surface area contributed by atoms with Crippen molar-refractivity contribution >= 4 is 0 Å². The molecule has 2 fully saturated rings. The smallest absolute Gasteiger partial charge is 0.142 e. The van der Waals surface area contributed by atoms with Crippen molar-refractivity contribution in [3.8, 4) is 11.8 Å². The Bertz CT molecular complexity index is 701. The lowest BCUT2D eigenvalue weighted by Gasteiger charge is -2.36. The molecule has 1 aromatic rings. The van der Waals surface area contributed by atoms with Crippen LogP contribution in [0.4, 0.5) is 13.2 Å². The highest BCUT2D eigenvalue weighted by molar-refractivity contribution is 5.39. The van der Waals surface area contributed by atoms with Crippen LogP contribution in [0.15, 0.2) is 24.5 Å². The molecule has 152 valence electrons. The maximum atomic E-state index is 14.2. The zero-order valence-electron chi connectivity index (χ0n) is 16.8. The second kappa shape index (κ2) is 10.2. The topological polar surface area (TPSA) is 0 Å². The van der Waals surface area contributed by atoms with E-state index in [1.54, 1.807) is 6.08 Å². The monoisotopic (exact) mass is 388 g/mol. The molecule has 0 aromatic heterocycles. The Labute approximate surface area is 167 Å². The summed E-state index contributed by atoms with van der Waals surface area (Å²) in [4.78, 5) is 0. The van der Waals surface area contributed by atoms with Gasteiger partial charge in [-0.1, -0.05) is 31.3 Å². The summed E-state index contributed by atoms with van der Waals surface area (Å²) in [5.41, 5.74) is 0.613. The van der Waals surface area contributed by atoms with Crippen molar-refractivity contribution in [1.29, 1.82) is 0 Å². The van der Waals surface area contributed by atoms with E-state index in [1.165, 1.54) is 25.0 Å². The number of hydrogen-bond acceptors (Lipinski definition) is 0. The van der Waals surface area contributed by atoms with E-state index in [-0.39, 0.29) is 11.5 Å². The molecule has 0 unspecified atom stereocenters. The highest BCUT2D eigenvalue weighted by Gasteiger charge is 2.30. The van der Waals surface area contributed by atoms with E-state index < -0.39 is 11.6 Å². The minimum Gasteiger partial charge on any atom is -0.216 e. The summed E-state index contributed by atoms with van der Waals surface area (Å²) in [6, 6.07) is 2.84. The normalized spacial score (nSPS) is 28.1. The van der Waals surface area contributed by atoms with Gasteiger partial charge in [0.25, 0.3) is 0 Å². The average Bonchev–Trinajstić information content (AvgIpc) is 2.69. The zero-order chi connectivity index (χ0) is 19.9. The molecule has 0 amide bonds. The number of allylic oxidation sites excluding steroid dienone is 1. The predicted molar refractivity (Wildman–Crippen MR) is 108 cm³/mol. The van der Waals surface area contributed by atoms with E-state index in [2.05, 4.69) is 11.8 Å². The maximum absolute atomic E-state index is 14.2. The van der Waals surface area contributed by atoms with Gasteiger partial charge in [0, 0.05) is 5.92 Å². The molecule has 0 saturated heterocycles. The number of halogens is 3. The lowest BCUT2D eigenvalue weighted by Crippen LogP contribution is -2.25. The third-order valence-electron chi connectivity index (χ3n) is 6.64. The Balaban J connectivity index is 1.53. The first kappa shape index (κ1) is 21.0. The molecule has 0 bridgehead atoms. The van der Waals surface area contributed by atoms with Crippen molar-refractivity contribution < 1.29 is 13.2 Å². The Kier molecular flexibility index (Phi) is 7.65. The first-order valence-electron chi connectivity index (χ1n) is 10.9. The van der Waals surface area contributed by atoms with Crippen LogP contribution in [0.2, 0.25) is 0 Å². The molecule has 0 aliphatic heterocycles. The minimum absolute atomic E-state index is 0.0822. The van der Waals surface area contributed by atoms with Gasteiger partial charge in [-0.3, -0.25) is 0 Å². The molecular weight excluding hydrogens is 357 g/mol. The van der Waals surface area contributed by atoms with E-state index in [0.29, 0.717) is 24.2 Å². The first-order valence-corrected chi connectivity index (χ1v) is 10.9. The average molecular weight is 389 g/mol. The molecular formula is C25H31F3. The van der Waals surface area contributed by atoms with Crippen LogP contribution in [-0.2, 0) is 6.42 Å². The lowest BCUT2D eigenvalue weighted by molar-refractivity contribution is 0.168. The quantitative estimate of drug-likeness (QED) is 0.473. The predicted octanol–water partition coefficient (Wildman–Crippen LogP) is 7.36. The van der Waals surface area contributed by atoms with Crippen LogP contribution < -0.4 is 0 Å². The highest BCUT2D eigenvalue weighted by atomic mass is 19.1. The maximum Gasteiger partial charge on any atom is 0.142 e. The van der Waals surface area contributed by atoms with Crippen LogP contribution in [0.3, 0.4) is 0 Å². The van der Waals surface area contributed by atoms with Crippen molar-refractivity contribution in [2.75, 3.05) is 0 Å². The fourth-order valence-corrected chi connectivity index (χ4v) is 5.00. The van der Waals surface area contributed by atoms with Crippen molar-refractivity contribution in [2.24, 2.45) is 23.7 Å². The third-order valence-corrected chi connectivity index (χ3v) is 6.64. The van der Waals surface area contributed by atoms with Crippen molar-refractivity contribution in [2.45, 2.75) is 71.1 Å². The van der Waals surface area contributed by atoms with Crippen LogP contribution in [0.1, 0.15) is 75.8 Å². The fraction of sp³-hybridized carbons (Fsp3) is 0.600. The second-order valence-electron chi connectivity index (χ2n) is 8.56. The second-order valence-corrected chi connectivity index (χ2v) is 8.56. The fourth-order valence-electron chi connectivity index (χ4n) is 5.00. The van der Waals surface area contributed by atoms with Gasteiger partial charge in [0.2, 0.25) is 0 Å². The number of aryl methyl sites for hydroxylation is 1. The summed E-state index contributed by atoms with van der Waals surface area (Å²) in [5.74, 6) is 6.98. The molecule has 2 saturated carbocycles. The van der Waals surface area contributed by atoms with Gasteiger partial charge >= 0.3 is 0 Å². The van der Waals surface area contributed by atoms with Crippen molar-refractivity contribution in [1.82, 2.24) is 0 Å². The van der Waals surface area contributed by atoms with Crippen molar-refractivity contribution in [3.05, 3.63) is 47.3 Å². The van der Waals surface area contributed by atoms with Crippen LogP contribution in [0, 0.1) is 47.1 Å². The SMILES string of the molecule is CCCc1cc(F)c(C#CC2CCC(C3CCC(C=CF)CC3)CC2)c(F)c1. The molecule has 2 aliphatic rings. The van der Waals surface area contributed by atoms with Crippen LogP contribution in [0.5, 0.6) is 0 Å². The van der Waals surface area contributed by atoms with Crippen LogP contribution in [0.25, 0.3) is 0 Å². The molecule has 0 radical (unpaired) electrons. The van der Waals surface area contributed by atoms with Crippen LogP contribution in [-0.4, -0.2) is 0 Å². The molecule has 0 N–H and O–H groups in total. The third kappa shape index (κ3) is 5.43. The summed E-state index contributed by atoms with van der Waals surface area (Å²) in [5, 5.41) is 0. The molecule has 0 nitrogen and oxygen atoms in total. The van der Waals surface area contributed by atoms with Gasteiger partial charge in [0.15, 0.2) is 0 Å². The van der Waals surface area contributed by atoms with E-state index >= 15 is 0 Å². The molecule has 1 aromatic carbocycles. The summed E-state index contributed by atoms with van der Waals surface area (Å²) in [6.45, 7) is 1.99. The summed E-state index contributed by atoms with van der Waals surface area (Å²) in [6.07, 6.45) is 12.8. The van der Waals surface area contributed by atoms with E-state index in [4.69, 9.17) is 0 Å². The molecule has 2 aliphatic carbocycles. The molecule has 0 atom stereocenters. The Morgan fingerprint density at radius 3 is 2.04 bits per heavy atom. The van der Waals surface area contributed by atoms with E-state index in [9.17, 15) is 13.2 Å². The molecule has 0 spiro atoms. The lowest BCUT2D eigenvalue weighted by atomic mass is 9.69. The zero-order valence-corrected chi connectivity index (χ0v) is 16.8. The molecule has 0 heterocycles. The summed E-state index contributed by atoms with van der Waals surface area (Å²) in [7, 11) is 0. The van der Waals surface area contributed by atoms with Crippen molar-refractivity contribution in [3.63, 3.8) is 0 Å². The van der Waals surface area contributed by atoms with Gasteiger partial charge in [-0.25, -0.2) is 13.2 Å². The molecule has 3 rings (SSSR count). The highest BCUT2D eigenvalue weighted by Crippen LogP contribution is 2.41. The Morgan fingerprint density at radius 1 is 0.929 bits per heavy atom. The standard InChI is InChI=1S/C25H31F3/c1-2-3-20-16-24(27)23(25(28)17-20)13-8-18-4-9-21(10-5-18)22-11-6-19(7-12-22)14-15-26/h14-19,21-22H,2-7,9-12H2,1H3. The Morgan fingerprint density at radius 2 is 1.50 bits per heavy atom. The van der Waals surface area contributed by atoms with Gasteiger partial charge in [-0.05, 0) is 93.2 Å². The van der Waals surface area contributed by atoms with Gasteiger partial charge in [-0.15, -0.1) is 0 Å².